The summed E-state index contributed by atoms with van der Waals surface area (Å²) in [6, 6.07) is 19.9. The topological polar surface area (TPSA) is 77.1 Å². The van der Waals surface area contributed by atoms with Gasteiger partial charge in [0.15, 0.2) is 0 Å². The molecule has 0 unspecified atom stereocenters. The molecule has 3 aromatic rings. The second kappa shape index (κ2) is 10.4. The van der Waals surface area contributed by atoms with Gasteiger partial charge in [0.2, 0.25) is 0 Å². The van der Waals surface area contributed by atoms with E-state index in [0.717, 1.165) is 16.7 Å². The smallest absolute Gasteiger partial charge is 0.349 e. The van der Waals surface area contributed by atoms with Gasteiger partial charge in [0.05, 0.1) is 18.8 Å². The van der Waals surface area contributed by atoms with Crippen molar-refractivity contribution in [1.29, 1.82) is 5.26 Å². The summed E-state index contributed by atoms with van der Waals surface area (Å²) >= 11 is 0. The fraction of sp³-hybridized carbons (Fsp3) is 0.240. The first-order chi connectivity index (χ1) is 15.0. The normalized spacial score (nSPS) is 12.3. The third-order valence-corrected chi connectivity index (χ3v) is 4.65. The van der Waals surface area contributed by atoms with E-state index >= 15 is 0 Å². The highest BCUT2D eigenvalue weighted by molar-refractivity contribution is 5.98. The van der Waals surface area contributed by atoms with Crippen LogP contribution < -0.4 is 0 Å². The molecule has 0 N–H and O–H groups in total. The van der Waals surface area contributed by atoms with E-state index in [2.05, 4.69) is 0 Å². The lowest BCUT2D eigenvalue weighted by atomic mass is 10.0. The number of aryl methyl sites for hydroxylation is 1. The van der Waals surface area contributed by atoms with Gasteiger partial charge in [0.25, 0.3) is 0 Å². The van der Waals surface area contributed by atoms with Gasteiger partial charge in [0.1, 0.15) is 17.7 Å². The Bertz CT molecular complexity index is 1090. The van der Waals surface area contributed by atoms with Crippen LogP contribution in [0.3, 0.4) is 0 Å². The molecule has 6 nitrogen and oxygen atoms in total. The van der Waals surface area contributed by atoms with Gasteiger partial charge in [-0.1, -0.05) is 60.2 Å². The van der Waals surface area contributed by atoms with Crippen LogP contribution in [0.2, 0.25) is 0 Å². The molecule has 1 atom stereocenters. The quantitative estimate of drug-likeness (QED) is 0.310. The Kier molecular flexibility index (Phi) is 7.36. The van der Waals surface area contributed by atoms with Gasteiger partial charge in [-0.2, -0.15) is 10.4 Å². The molecular weight excluding hydrogens is 390 g/mol. The van der Waals surface area contributed by atoms with Crippen molar-refractivity contribution in [3.05, 3.63) is 83.1 Å². The number of nitrogens with zero attached hydrogens (tertiary/aromatic N) is 3. The van der Waals surface area contributed by atoms with Crippen LogP contribution in [0.25, 0.3) is 17.3 Å². The molecule has 0 saturated carbocycles. The standard InChI is InChI=1S/C25H25N3O3/c1-18-9-11-21(12-10-18)24-23(13-22(14-26)25(29)31-19(2)17-30-3)16-28(27-24)15-20-7-5-4-6-8-20/h4-13,16,19H,15,17H2,1-3H3/b22-13+/t19-/m0/s1. The summed E-state index contributed by atoms with van der Waals surface area (Å²) in [6.45, 7) is 4.56. The number of benzene rings is 2. The first kappa shape index (κ1) is 22.0. The summed E-state index contributed by atoms with van der Waals surface area (Å²) in [6.07, 6.45) is 2.92. The van der Waals surface area contributed by atoms with Crippen molar-refractivity contribution in [2.24, 2.45) is 0 Å². The summed E-state index contributed by atoms with van der Waals surface area (Å²) in [5, 5.41) is 14.3. The van der Waals surface area contributed by atoms with E-state index < -0.39 is 12.1 Å². The van der Waals surface area contributed by atoms with E-state index in [1.165, 1.54) is 13.2 Å². The van der Waals surface area contributed by atoms with Crippen LogP contribution in [0, 0.1) is 18.3 Å². The number of rotatable bonds is 8. The van der Waals surface area contributed by atoms with Crippen molar-refractivity contribution in [3.8, 4) is 17.3 Å². The highest BCUT2D eigenvalue weighted by Crippen LogP contribution is 2.25. The number of methoxy groups -OCH3 is 1. The fourth-order valence-corrected chi connectivity index (χ4v) is 3.14. The Labute approximate surface area is 182 Å². The number of nitriles is 1. The van der Waals surface area contributed by atoms with Crippen molar-refractivity contribution in [2.45, 2.75) is 26.5 Å². The minimum absolute atomic E-state index is 0.0874. The van der Waals surface area contributed by atoms with Crippen LogP contribution >= 0.6 is 0 Å². The second-order valence-corrected chi connectivity index (χ2v) is 7.32. The Morgan fingerprint density at radius 1 is 1.19 bits per heavy atom. The van der Waals surface area contributed by atoms with Crippen molar-refractivity contribution in [2.75, 3.05) is 13.7 Å². The molecule has 158 valence electrons. The third-order valence-electron chi connectivity index (χ3n) is 4.65. The summed E-state index contributed by atoms with van der Waals surface area (Å²) in [5.74, 6) is -0.683. The van der Waals surface area contributed by atoms with E-state index in [4.69, 9.17) is 14.6 Å². The second-order valence-electron chi connectivity index (χ2n) is 7.32. The van der Waals surface area contributed by atoms with E-state index in [1.54, 1.807) is 6.92 Å². The molecule has 1 aromatic heterocycles. The van der Waals surface area contributed by atoms with Crippen LogP contribution in [0.1, 0.15) is 23.6 Å². The maximum atomic E-state index is 12.5. The molecule has 0 aliphatic rings. The largest absolute Gasteiger partial charge is 0.456 e. The maximum Gasteiger partial charge on any atom is 0.349 e. The monoisotopic (exact) mass is 415 g/mol. The van der Waals surface area contributed by atoms with E-state index in [1.807, 2.05) is 78.5 Å². The fourth-order valence-electron chi connectivity index (χ4n) is 3.14. The SMILES string of the molecule is COC[C@H](C)OC(=O)/C(C#N)=C/c1cn(Cc2ccccc2)nc1-c1ccc(C)cc1. The van der Waals surface area contributed by atoms with E-state index in [9.17, 15) is 10.1 Å². The Morgan fingerprint density at radius 3 is 2.55 bits per heavy atom. The predicted octanol–water partition coefficient (Wildman–Crippen LogP) is 4.39. The third kappa shape index (κ3) is 5.91. The lowest BCUT2D eigenvalue weighted by molar-refractivity contribution is -0.145. The molecule has 6 heteroatoms. The minimum Gasteiger partial charge on any atom is -0.456 e. The van der Waals surface area contributed by atoms with Gasteiger partial charge in [-0.25, -0.2) is 4.79 Å². The summed E-state index contributed by atoms with van der Waals surface area (Å²) < 4.78 is 12.1. The molecule has 0 aliphatic carbocycles. The van der Waals surface area contributed by atoms with Crippen molar-refractivity contribution in [1.82, 2.24) is 9.78 Å². The minimum atomic E-state index is -0.683. The van der Waals surface area contributed by atoms with Crippen LogP contribution in [0.5, 0.6) is 0 Å². The molecule has 1 heterocycles. The lowest BCUT2D eigenvalue weighted by Crippen LogP contribution is -2.20. The van der Waals surface area contributed by atoms with E-state index in [-0.39, 0.29) is 12.2 Å². The number of hydrogen-bond donors (Lipinski definition) is 0. The molecular formula is C25H25N3O3. The number of carbonyl (C=O) groups excluding carboxylic acids is 1. The average molecular weight is 415 g/mol. The number of esters is 1. The van der Waals surface area contributed by atoms with Gasteiger partial charge in [-0.3, -0.25) is 4.68 Å². The molecule has 0 radical (unpaired) electrons. The lowest BCUT2D eigenvalue weighted by Gasteiger charge is -2.11. The van der Waals surface area contributed by atoms with Crippen molar-refractivity contribution < 1.29 is 14.3 Å². The molecule has 0 spiro atoms. The highest BCUT2D eigenvalue weighted by Gasteiger charge is 2.17. The Balaban J connectivity index is 1.98. The first-order valence-electron chi connectivity index (χ1n) is 10.00. The van der Waals surface area contributed by atoms with Crippen LogP contribution in [0.15, 0.2) is 66.4 Å². The summed E-state index contributed by atoms with van der Waals surface area (Å²) in [7, 11) is 1.53. The van der Waals surface area contributed by atoms with Crippen LogP contribution in [0.4, 0.5) is 0 Å². The van der Waals surface area contributed by atoms with Gasteiger partial charge in [-0.05, 0) is 25.5 Å². The molecule has 0 amide bonds. The zero-order chi connectivity index (χ0) is 22.2. The van der Waals surface area contributed by atoms with Gasteiger partial charge in [0, 0.05) is 24.4 Å². The molecule has 0 aliphatic heterocycles. The van der Waals surface area contributed by atoms with Crippen LogP contribution in [-0.2, 0) is 20.8 Å². The molecule has 2 aromatic carbocycles. The van der Waals surface area contributed by atoms with E-state index in [0.29, 0.717) is 17.8 Å². The summed E-state index contributed by atoms with van der Waals surface area (Å²) in [5.41, 5.74) is 4.43. The van der Waals surface area contributed by atoms with Gasteiger partial charge < -0.3 is 9.47 Å². The Hall–Kier alpha value is -3.69. The average Bonchev–Trinajstić information content (AvgIpc) is 3.15. The number of hydrogen-bond acceptors (Lipinski definition) is 5. The van der Waals surface area contributed by atoms with Crippen molar-refractivity contribution >= 4 is 12.0 Å². The zero-order valence-corrected chi connectivity index (χ0v) is 17.9. The first-order valence-corrected chi connectivity index (χ1v) is 10.00. The number of carbonyl (C=O) groups is 1. The van der Waals surface area contributed by atoms with Crippen LogP contribution in [-0.4, -0.2) is 35.6 Å². The zero-order valence-electron chi connectivity index (χ0n) is 17.9. The predicted molar refractivity (Wildman–Crippen MR) is 119 cm³/mol. The molecule has 31 heavy (non-hydrogen) atoms. The summed E-state index contributed by atoms with van der Waals surface area (Å²) in [4.78, 5) is 12.5. The molecule has 0 fully saturated rings. The highest BCUT2D eigenvalue weighted by atomic mass is 16.6. The van der Waals surface area contributed by atoms with Gasteiger partial charge >= 0.3 is 5.97 Å². The number of aromatic nitrogens is 2. The maximum absolute atomic E-state index is 12.5. The Morgan fingerprint density at radius 2 is 1.90 bits per heavy atom. The molecule has 0 bridgehead atoms. The molecule has 0 saturated heterocycles. The molecule has 3 rings (SSSR count). The van der Waals surface area contributed by atoms with Crippen molar-refractivity contribution in [3.63, 3.8) is 0 Å². The van der Waals surface area contributed by atoms with Gasteiger partial charge in [-0.15, -0.1) is 0 Å². The number of ether oxygens (including phenoxy) is 2.